The molecule has 3 rings (SSSR count). The molecule has 1 N–H and O–H groups in total. The summed E-state index contributed by atoms with van der Waals surface area (Å²) < 4.78 is 10.2. The summed E-state index contributed by atoms with van der Waals surface area (Å²) in [6.45, 7) is 2.74. The number of rotatable bonds is 6. The van der Waals surface area contributed by atoms with E-state index in [-0.39, 0.29) is 19.1 Å². The highest BCUT2D eigenvalue weighted by atomic mass is 16.5. The summed E-state index contributed by atoms with van der Waals surface area (Å²) in [6.07, 6.45) is 1.51. The molecule has 1 amide bonds. The number of likely N-dealkylation sites (tertiary alicyclic amines) is 1. The predicted octanol–water partition coefficient (Wildman–Crippen LogP) is 0.800. The molecule has 136 valence electrons. The summed E-state index contributed by atoms with van der Waals surface area (Å²) in [6, 6.07) is 6.53. The van der Waals surface area contributed by atoms with Crippen molar-refractivity contribution in [3.8, 4) is 5.75 Å². The number of amides is 1. The number of hydrogen-bond donors (Lipinski definition) is 1. The van der Waals surface area contributed by atoms with E-state index in [0.29, 0.717) is 19.5 Å². The Morgan fingerprint density at radius 2 is 2.08 bits per heavy atom. The van der Waals surface area contributed by atoms with Crippen molar-refractivity contribution < 1.29 is 24.2 Å². The van der Waals surface area contributed by atoms with Crippen LogP contribution in [-0.4, -0.2) is 66.9 Å². The molecule has 2 aliphatic rings. The highest BCUT2D eigenvalue weighted by molar-refractivity contribution is 6.08. The van der Waals surface area contributed by atoms with Crippen LogP contribution in [0.1, 0.15) is 19.8 Å². The molecule has 2 aliphatic heterocycles. The topological polar surface area (TPSA) is 79.3 Å². The maximum Gasteiger partial charge on any atom is 0.325 e. The summed E-state index contributed by atoms with van der Waals surface area (Å²) in [5.74, 6) is 0.233. The first-order valence-electron chi connectivity index (χ1n) is 8.57. The van der Waals surface area contributed by atoms with Gasteiger partial charge in [0.25, 0.3) is 0 Å². The van der Waals surface area contributed by atoms with E-state index in [2.05, 4.69) is 0 Å². The van der Waals surface area contributed by atoms with E-state index in [1.165, 1.54) is 0 Å². The van der Waals surface area contributed by atoms with Crippen LogP contribution in [0.3, 0.4) is 0 Å². The third-order valence-electron chi connectivity index (χ3n) is 5.09. The average molecular weight is 348 g/mol. The Bertz CT molecular complexity index is 647. The van der Waals surface area contributed by atoms with Gasteiger partial charge in [-0.25, -0.2) is 0 Å². The minimum absolute atomic E-state index is 0.0297. The third-order valence-corrected chi connectivity index (χ3v) is 5.09. The van der Waals surface area contributed by atoms with Gasteiger partial charge in [0.05, 0.1) is 26.9 Å². The van der Waals surface area contributed by atoms with Crippen LogP contribution in [0.5, 0.6) is 5.75 Å². The zero-order chi connectivity index (χ0) is 18.0. The molecule has 2 atom stereocenters. The molecule has 0 aromatic heterocycles. The van der Waals surface area contributed by atoms with Crippen molar-refractivity contribution in [3.63, 3.8) is 0 Å². The molecular weight excluding hydrogens is 324 g/mol. The highest BCUT2D eigenvalue weighted by Crippen LogP contribution is 2.42. The Kier molecular flexibility index (Phi) is 4.96. The van der Waals surface area contributed by atoms with Crippen LogP contribution in [0.25, 0.3) is 0 Å². The van der Waals surface area contributed by atoms with Crippen molar-refractivity contribution in [2.75, 3.05) is 38.3 Å². The second-order valence-corrected chi connectivity index (χ2v) is 6.37. The van der Waals surface area contributed by atoms with Crippen molar-refractivity contribution in [1.82, 2.24) is 4.90 Å². The molecule has 1 spiro atoms. The number of aliphatic hydroxyl groups is 1. The standard InChI is InChI=1S/C18H24N2O5/c1-3-25-16(22)15(11-21)20-10-4-9-18(20)12-19(17(18)23)13-5-7-14(24-2)8-6-13/h5-8,15,21H,3-4,9-12H2,1-2H3. The van der Waals surface area contributed by atoms with Gasteiger partial charge in [-0.1, -0.05) is 0 Å². The smallest absolute Gasteiger partial charge is 0.325 e. The van der Waals surface area contributed by atoms with E-state index in [0.717, 1.165) is 17.9 Å². The van der Waals surface area contributed by atoms with Gasteiger partial charge in [0.15, 0.2) is 0 Å². The summed E-state index contributed by atoms with van der Waals surface area (Å²) in [5.41, 5.74) is 0.0973. The van der Waals surface area contributed by atoms with E-state index in [1.807, 2.05) is 29.2 Å². The van der Waals surface area contributed by atoms with Crippen molar-refractivity contribution >= 4 is 17.6 Å². The lowest BCUT2D eigenvalue weighted by Crippen LogP contribution is -2.74. The van der Waals surface area contributed by atoms with Crippen LogP contribution in [0, 0.1) is 0 Å². The second kappa shape index (κ2) is 7.01. The van der Waals surface area contributed by atoms with E-state index >= 15 is 0 Å². The predicted molar refractivity (Wildman–Crippen MR) is 91.5 cm³/mol. The fourth-order valence-corrected chi connectivity index (χ4v) is 3.82. The number of carbonyl (C=O) groups excluding carboxylic acids is 2. The number of nitrogens with zero attached hydrogens (tertiary/aromatic N) is 2. The van der Waals surface area contributed by atoms with Crippen molar-refractivity contribution in [1.29, 1.82) is 0 Å². The number of carbonyl (C=O) groups is 2. The molecule has 1 aromatic rings. The third kappa shape index (κ3) is 2.87. The van der Waals surface area contributed by atoms with Crippen molar-refractivity contribution in [2.45, 2.75) is 31.3 Å². The minimum atomic E-state index is -0.788. The van der Waals surface area contributed by atoms with E-state index in [4.69, 9.17) is 9.47 Å². The Morgan fingerprint density at radius 3 is 2.64 bits per heavy atom. The monoisotopic (exact) mass is 348 g/mol. The van der Waals surface area contributed by atoms with Gasteiger partial charge in [-0.05, 0) is 44.0 Å². The second-order valence-electron chi connectivity index (χ2n) is 6.37. The fraction of sp³-hybridized carbons (Fsp3) is 0.556. The number of methoxy groups -OCH3 is 1. The first-order chi connectivity index (χ1) is 12.1. The van der Waals surface area contributed by atoms with Gasteiger partial charge in [0.1, 0.15) is 17.3 Å². The van der Waals surface area contributed by atoms with Gasteiger partial charge >= 0.3 is 5.97 Å². The summed E-state index contributed by atoms with van der Waals surface area (Å²) in [5, 5.41) is 9.68. The Labute approximate surface area is 147 Å². The SMILES string of the molecule is CCOC(=O)C(CO)N1CCCC12CN(c1ccc(OC)cc1)C2=O. The van der Waals surface area contributed by atoms with Gasteiger partial charge in [-0.2, -0.15) is 0 Å². The van der Waals surface area contributed by atoms with Gasteiger partial charge < -0.3 is 19.5 Å². The number of anilines is 1. The number of ether oxygens (including phenoxy) is 2. The summed E-state index contributed by atoms with van der Waals surface area (Å²) >= 11 is 0. The largest absolute Gasteiger partial charge is 0.497 e. The van der Waals surface area contributed by atoms with Crippen molar-refractivity contribution in [3.05, 3.63) is 24.3 Å². The first-order valence-corrected chi connectivity index (χ1v) is 8.57. The molecule has 7 nitrogen and oxygen atoms in total. The number of esters is 1. The molecule has 2 saturated heterocycles. The number of hydrogen-bond acceptors (Lipinski definition) is 6. The van der Waals surface area contributed by atoms with Gasteiger partial charge in [-0.15, -0.1) is 0 Å². The summed E-state index contributed by atoms with van der Waals surface area (Å²) in [7, 11) is 1.60. The average Bonchev–Trinajstić information content (AvgIpc) is 3.07. The quantitative estimate of drug-likeness (QED) is 0.605. The van der Waals surface area contributed by atoms with E-state index < -0.39 is 17.6 Å². The fourth-order valence-electron chi connectivity index (χ4n) is 3.82. The van der Waals surface area contributed by atoms with Gasteiger partial charge in [0.2, 0.25) is 5.91 Å². The maximum atomic E-state index is 13.0. The van der Waals surface area contributed by atoms with Gasteiger partial charge in [0, 0.05) is 12.2 Å². The normalized spacial score (nSPS) is 24.3. The van der Waals surface area contributed by atoms with Crippen LogP contribution in [0.15, 0.2) is 24.3 Å². The zero-order valence-electron chi connectivity index (χ0n) is 14.6. The molecule has 0 saturated carbocycles. The van der Waals surface area contributed by atoms with Crippen LogP contribution in [0.4, 0.5) is 5.69 Å². The van der Waals surface area contributed by atoms with Gasteiger partial charge in [-0.3, -0.25) is 14.5 Å². The minimum Gasteiger partial charge on any atom is -0.497 e. The molecule has 1 aromatic carbocycles. The van der Waals surface area contributed by atoms with E-state index in [9.17, 15) is 14.7 Å². The van der Waals surface area contributed by atoms with E-state index in [1.54, 1.807) is 18.9 Å². The number of β-lactam (4-membered cyclic amide) rings is 1. The van der Waals surface area contributed by atoms with Crippen LogP contribution < -0.4 is 9.64 Å². The lowest BCUT2D eigenvalue weighted by atomic mass is 9.84. The van der Waals surface area contributed by atoms with Crippen LogP contribution >= 0.6 is 0 Å². The number of benzene rings is 1. The molecule has 2 unspecified atom stereocenters. The molecule has 0 radical (unpaired) electrons. The van der Waals surface area contributed by atoms with Crippen molar-refractivity contribution in [2.24, 2.45) is 0 Å². The molecular formula is C18H24N2O5. The highest BCUT2D eigenvalue weighted by Gasteiger charge is 2.60. The zero-order valence-corrected chi connectivity index (χ0v) is 14.6. The van der Waals surface area contributed by atoms with Crippen LogP contribution in [0.2, 0.25) is 0 Å². The lowest BCUT2D eigenvalue weighted by Gasteiger charge is -2.52. The molecule has 0 bridgehead atoms. The Balaban J connectivity index is 1.77. The molecule has 0 aliphatic carbocycles. The lowest BCUT2D eigenvalue weighted by molar-refractivity contribution is -0.157. The molecule has 25 heavy (non-hydrogen) atoms. The Morgan fingerprint density at radius 1 is 1.36 bits per heavy atom. The first kappa shape index (κ1) is 17.7. The Hall–Kier alpha value is -2.12. The van der Waals surface area contributed by atoms with Crippen LogP contribution in [-0.2, 0) is 14.3 Å². The summed E-state index contributed by atoms with van der Waals surface area (Å²) in [4.78, 5) is 28.7. The molecule has 7 heteroatoms. The maximum absolute atomic E-state index is 13.0. The molecule has 2 heterocycles. The number of aliphatic hydroxyl groups excluding tert-OH is 1. The molecule has 2 fully saturated rings.